The van der Waals surface area contributed by atoms with Crippen LogP contribution in [0.3, 0.4) is 0 Å². The summed E-state index contributed by atoms with van der Waals surface area (Å²) in [5, 5.41) is 0. The lowest BCUT2D eigenvalue weighted by molar-refractivity contribution is 0.0544. The minimum Gasteiger partial charge on any atom is -0.491 e. The molecule has 0 aromatic heterocycles. The second kappa shape index (κ2) is 11.6. The highest BCUT2D eigenvalue weighted by Gasteiger charge is 2.27. The third kappa shape index (κ3) is 7.31. The topological polar surface area (TPSA) is 71.1 Å². The highest BCUT2D eigenvalue weighted by atomic mass is 32.2. The summed E-state index contributed by atoms with van der Waals surface area (Å²) < 4.78 is 46.6. The minimum atomic E-state index is -3.71. The van der Waals surface area contributed by atoms with Crippen molar-refractivity contribution in [1.82, 2.24) is 0 Å². The molecule has 0 amide bonds. The van der Waals surface area contributed by atoms with Crippen LogP contribution in [-0.2, 0) is 23.8 Å². The van der Waals surface area contributed by atoms with E-state index in [0.717, 1.165) is 37.0 Å². The molecule has 0 atom stereocenters. The van der Waals surface area contributed by atoms with Crippen LogP contribution in [0.25, 0.3) is 0 Å². The predicted octanol–water partition coefficient (Wildman–Crippen LogP) is 4.47. The van der Waals surface area contributed by atoms with E-state index in [0.29, 0.717) is 32.3 Å². The molecule has 0 N–H and O–H groups in total. The van der Waals surface area contributed by atoms with Gasteiger partial charge in [-0.25, -0.2) is 0 Å². The summed E-state index contributed by atoms with van der Waals surface area (Å²) >= 11 is 0. The van der Waals surface area contributed by atoms with Crippen LogP contribution in [0.1, 0.15) is 42.7 Å². The van der Waals surface area contributed by atoms with Gasteiger partial charge in [0.1, 0.15) is 12.4 Å². The normalized spacial score (nSPS) is 19.3. The van der Waals surface area contributed by atoms with Crippen LogP contribution in [-0.4, -0.2) is 48.1 Å². The molecule has 0 aliphatic heterocycles. The van der Waals surface area contributed by atoms with Crippen molar-refractivity contribution in [1.29, 1.82) is 0 Å². The number of rotatable bonds is 11. The van der Waals surface area contributed by atoms with Gasteiger partial charge in [-0.05, 0) is 68.4 Å². The van der Waals surface area contributed by atoms with Crippen molar-refractivity contribution in [2.75, 3.05) is 33.5 Å². The molecular weight excluding hydrogens is 416 g/mol. The Kier molecular flexibility index (Phi) is 8.90. The molecular formula is C24H32O6S. The van der Waals surface area contributed by atoms with E-state index < -0.39 is 10.1 Å². The Morgan fingerprint density at radius 3 is 2.13 bits per heavy atom. The molecule has 170 valence electrons. The molecule has 7 heteroatoms. The zero-order valence-corrected chi connectivity index (χ0v) is 19.1. The first kappa shape index (κ1) is 23.7. The van der Waals surface area contributed by atoms with Crippen molar-refractivity contribution < 1.29 is 26.8 Å². The summed E-state index contributed by atoms with van der Waals surface area (Å²) in [6.45, 7) is 4.11. The first-order valence-electron chi connectivity index (χ1n) is 10.8. The largest absolute Gasteiger partial charge is 0.491 e. The highest BCUT2D eigenvalue weighted by Crippen LogP contribution is 2.35. The summed E-state index contributed by atoms with van der Waals surface area (Å²) in [6, 6.07) is 14.9. The van der Waals surface area contributed by atoms with Crippen molar-refractivity contribution in [3.8, 4) is 5.75 Å². The van der Waals surface area contributed by atoms with Crippen LogP contribution in [0.4, 0.5) is 0 Å². The van der Waals surface area contributed by atoms with Crippen molar-refractivity contribution >= 4 is 10.1 Å². The lowest BCUT2D eigenvalue weighted by Gasteiger charge is -2.28. The summed E-state index contributed by atoms with van der Waals surface area (Å²) in [6.07, 6.45) is 3.01. The fourth-order valence-corrected chi connectivity index (χ4v) is 4.86. The molecule has 1 fully saturated rings. The van der Waals surface area contributed by atoms with Crippen LogP contribution >= 0.6 is 0 Å². The molecule has 1 aliphatic rings. The molecule has 0 radical (unpaired) electrons. The van der Waals surface area contributed by atoms with E-state index in [1.807, 2.05) is 19.1 Å². The maximum absolute atomic E-state index is 12.5. The number of methoxy groups -OCH3 is 1. The Hall–Kier alpha value is -1.93. The van der Waals surface area contributed by atoms with Crippen molar-refractivity contribution in [2.24, 2.45) is 0 Å². The third-order valence-electron chi connectivity index (χ3n) is 5.53. The number of hydrogen-bond donors (Lipinski definition) is 0. The van der Waals surface area contributed by atoms with Crippen molar-refractivity contribution in [2.45, 2.75) is 49.5 Å². The van der Waals surface area contributed by atoms with Gasteiger partial charge in [0.25, 0.3) is 10.1 Å². The summed E-state index contributed by atoms with van der Waals surface area (Å²) in [7, 11) is -2.07. The lowest BCUT2D eigenvalue weighted by Crippen LogP contribution is -2.24. The standard InChI is InChI=1S/C24H32O6S/c1-19-3-13-24(14-4-19)31(25,26)30-23-11-7-21(8-12-23)20-5-9-22(10-6-20)29-18-17-28-16-15-27-2/h3-6,9-10,13-14,21,23H,7-8,11-12,15-18H2,1-2H3. The molecule has 1 aliphatic carbocycles. The fraction of sp³-hybridized carbons (Fsp3) is 0.500. The number of benzene rings is 2. The van der Waals surface area contributed by atoms with Crippen LogP contribution in [0.2, 0.25) is 0 Å². The molecule has 0 bridgehead atoms. The molecule has 0 spiro atoms. The number of hydrogen-bond acceptors (Lipinski definition) is 6. The van der Waals surface area contributed by atoms with Gasteiger partial charge in [0, 0.05) is 7.11 Å². The Bertz CT molecular complexity index is 885. The van der Waals surface area contributed by atoms with E-state index in [1.54, 1.807) is 31.4 Å². The zero-order chi connectivity index (χ0) is 22.1. The molecule has 31 heavy (non-hydrogen) atoms. The third-order valence-corrected chi connectivity index (χ3v) is 6.90. The van der Waals surface area contributed by atoms with E-state index in [2.05, 4.69) is 12.1 Å². The molecule has 0 unspecified atom stereocenters. The van der Waals surface area contributed by atoms with Gasteiger partial charge < -0.3 is 14.2 Å². The maximum atomic E-state index is 12.5. The first-order valence-corrected chi connectivity index (χ1v) is 12.2. The second-order valence-electron chi connectivity index (χ2n) is 7.86. The SMILES string of the molecule is COCCOCCOc1ccc(C2CCC(OS(=O)(=O)c3ccc(C)cc3)CC2)cc1. The van der Waals surface area contributed by atoms with Gasteiger partial charge in [0.2, 0.25) is 0 Å². The summed E-state index contributed by atoms with van der Waals surface area (Å²) in [4.78, 5) is 0.222. The summed E-state index contributed by atoms with van der Waals surface area (Å²) in [5.41, 5.74) is 2.27. The van der Waals surface area contributed by atoms with Crippen LogP contribution < -0.4 is 4.74 Å². The van der Waals surface area contributed by atoms with Crippen molar-refractivity contribution in [3.63, 3.8) is 0 Å². The van der Waals surface area contributed by atoms with Gasteiger partial charge in [0.15, 0.2) is 0 Å². The van der Waals surface area contributed by atoms with E-state index >= 15 is 0 Å². The van der Waals surface area contributed by atoms with Gasteiger partial charge in [-0.2, -0.15) is 8.42 Å². The van der Waals surface area contributed by atoms with E-state index in [4.69, 9.17) is 18.4 Å². The number of aryl methyl sites for hydroxylation is 1. The molecule has 2 aromatic rings. The minimum absolute atomic E-state index is 0.222. The van der Waals surface area contributed by atoms with Gasteiger partial charge in [0.05, 0.1) is 30.8 Å². The Morgan fingerprint density at radius 1 is 0.839 bits per heavy atom. The first-order chi connectivity index (χ1) is 15.0. The number of ether oxygens (including phenoxy) is 3. The quantitative estimate of drug-likeness (QED) is 0.373. The Balaban J connectivity index is 1.43. The van der Waals surface area contributed by atoms with Gasteiger partial charge >= 0.3 is 0 Å². The fourth-order valence-electron chi connectivity index (χ4n) is 3.73. The molecule has 0 saturated heterocycles. The Morgan fingerprint density at radius 2 is 1.48 bits per heavy atom. The lowest BCUT2D eigenvalue weighted by atomic mass is 9.83. The van der Waals surface area contributed by atoms with E-state index in [9.17, 15) is 8.42 Å². The molecule has 2 aromatic carbocycles. The van der Waals surface area contributed by atoms with E-state index in [-0.39, 0.29) is 11.0 Å². The summed E-state index contributed by atoms with van der Waals surface area (Å²) in [5.74, 6) is 1.23. The van der Waals surface area contributed by atoms with Crippen LogP contribution in [0.5, 0.6) is 5.75 Å². The highest BCUT2D eigenvalue weighted by molar-refractivity contribution is 7.86. The monoisotopic (exact) mass is 448 g/mol. The van der Waals surface area contributed by atoms with Gasteiger partial charge in [-0.1, -0.05) is 29.8 Å². The van der Waals surface area contributed by atoms with Crippen LogP contribution in [0, 0.1) is 6.92 Å². The van der Waals surface area contributed by atoms with Crippen molar-refractivity contribution in [3.05, 3.63) is 59.7 Å². The zero-order valence-electron chi connectivity index (χ0n) is 18.3. The average Bonchev–Trinajstić information content (AvgIpc) is 2.77. The molecule has 0 heterocycles. The smallest absolute Gasteiger partial charge is 0.297 e. The van der Waals surface area contributed by atoms with Crippen LogP contribution in [0.15, 0.2) is 53.4 Å². The van der Waals surface area contributed by atoms with Gasteiger partial charge in [-0.3, -0.25) is 4.18 Å². The van der Waals surface area contributed by atoms with E-state index in [1.165, 1.54) is 5.56 Å². The predicted molar refractivity (Wildman–Crippen MR) is 119 cm³/mol. The average molecular weight is 449 g/mol. The molecule has 3 rings (SSSR count). The maximum Gasteiger partial charge on any atom is 0.297 e. The van der Waals surface area contributed by atoms with Gasteiger partial charge in [-0.15, -0.1) is 0 Å². The molecule has 1 saturated carbocycles. The second-order valence-corrected chi connectivity index (χ2v) is 9.43. The molecule has 6 nitrogen and oxygen atoms in total. The Labute approximate surface area is 185 Å².